The van der Waals surface area contributed by atoms with Crippen LogP contribution in [0.3, 0.4) is 0 Å². The highest BCUT2D eigenvalue weighted by atomic mass is 35.5. The zero-order chi connectivity index (χ0) is 21.2. The van der Waals surface area contributed by atoms with E-state index in [9.17, 15) is 13.2 Å². The van der Waals surface area contributed by atoms with Crippen LogP contribution in [-0.4, -0.2) is 40.5 Å². The van der Waals surface area contributed by atoms with Crippen molar-refractivity contribution < 1.29 is 27.4 Å². The summed E-state index contributed by atoms with van der Waals surface area (Å²) in [4.78, 5) is 12.7. The van der Waals surface area contributed by atoms with Crippen molar-refractivity contribution in [1.29, 1.82) is 0 Å². The van der Waals surface area contributed by atoms with Crippen LogP contribution in [0.5, 0.6) is 17.2 Å². The zero-order valence-corrected chi connectivity index (χ0v) is 17.7. The van der Waals surface area contributed by atoms with Crippen molar-refractivity contribution in [2.24, 2.45) is 0 Å². The summed E-state index contributed by atoms with van der Waals surface area (Å²) >= 11 is 6.04. The molecule has 0 saturated heterocycles. The van der Waals surface area contributed by atoms with E-state index in [1.54, 1.807) is 30.3 Å². The molecule has 0 saturated carbocycles. The zero-order valence-electron chi connectivity index (χ0n) is 16.1. The first-order valence-corrected chi connectivity index (χ1v) is 10.9. The quantitative estimate of drug-likeness (QED) is 0.711. The van der Waals surface area contributed by atoms with Crippen molar-refractivity contribution in [2.75, 3.05) is 24.5 Å². The summed E-state index contributed by atoms with van der Waals surface area (Å²) in [7, 11) is -2.39. The van der Waals surface area contributed by atoms with Gasteiger partial charge < -0.3 is 19.5 Å². The molecular formula is C19H21ClN2O6S. The van der Waals surface area contributed by atoms with E-state index in [4.69, 9.17) is 25.8 Å². The van der Waals surface area contributed by atoms with E-state index < -0.39 is 22.0 Å². The normalized spacial score (nSPS) is 13.7. The Kier molecular flexibility index (Phi) is 6.09. The molecule has 10 heteroatoms. The summed E-state index contributed by atoms with van der Waals surface area (Å²) in [6, 6.07) is 8.86. The summed E-state index contributed by atoms with van der Waals surface area (Å²) in [6.07, 6.45) is 1.02. The first-order valence-electron chi connectivity index (χ1n) is 8.70. The Morgan fingerprint density at radius 2 is 1.97 bits per heavy atom. The SMILES string of the molecule is COc1ccc(Cl)cc1N(C(C)C(=O)NCc1ccc2c(c1)OCO2)S(C)(=O)=O. The van der Waals surface area contributed by atoms with Gasteiger partial charge in [0.15, 0.2) is 11.5 Å². The number of nitrogens with one attached hydrogen (secondary N) is 1. The number of hydrogen-bond acceptors (Lipinski definition) is 6. The van der Waals surface area contributed by atoms with Crippen molar-refractivity contribution in [1.82, 2.24) is 5.32 Å². The largest absolute Gasteiger partial charge is 0.495 e. The number of nitrogens with zero attached hydrogens (tertiary/aromatic N) is 1. The van der Waals surface area contributed by atoms with Gasteiger partial charge in [-0.05, 0) is 42.8 Å². The second-order valence-corrected chi connectivity index (χ2v) is 8.75. The fourth-order valence-electron chi connectivity index (χ4n) is 3.00. The Morgan fingerprint density at radius 1 is 1.24 bits per heavy atom. The maximum absolute atomic E-state index is 12.7. The first kappa shape index (κ1) is 21.1. The van der Waals surface area contributed by atoms with Gasteiger partial charge in [-0.2, -0.15) is 0 Å². The lowest BCUT2D eigenvalue weighted by atomic mass is 10.2. The van der Waals surface area contributed by atoms with Gasteiger partial charge >= 0.3 is 0 Å². The smallest absolute Gasteiger partial charge is 0.243 e. The minimum absolute atomic E-state index is 0.160. The Hall–Kier alpha value is -2.65. The minimum Gasteiger partial charge on any atom is -0.495 e. The number of hydrogen-bond donors (Lipinski definition) is 1. The first-order chi connectivity index (χ1) is 13.7. The maximum atomic E-state index is 12.7. The molecule has 0 radical (unpaired) electrons. The van der Waals surface area contributed by atoms with E-state index in [1.165, 1.54) is 20.1 Å². The number of benzene rings is 2. The number of ether oxygens (including phenoxy) is 3. The molecule has 1 aliphatic heterocycles. The molecule has 1 N–H and O–H groups in total. The number of methoxy groups -OCH3 is 1. The van der Waals surface area contributed by atoms with Gasteiger partial charge in [-0.3, -0.25) is 9.10 Å². The second-order valence-electron chi connectivity index (χ2n) is 6.46. The summed E-state index contributed by atoms with van der Waals surface area (Å²) in [5, 5.41) is 3.07. The molecule has 3 rings (SSSR count). The lowest BCUT2D eigenvalue weighted by molar-refractivity contribution is -0.122. The molecule has 156 valence electrons. The van der Waals surface area contributed by atoms with Gasteiger partial charge in [0, 0.05) is 11.6 Å². The molecule has 0 spiro atoms. The molecule has 0 aliphatic carbocycles. The summed E-state index contributed by atoms with van der Waals surface area (Å²) in [6.45, 7) is 1.85. The van der Waals surface area contributed by atoms with Crippen LogP contribution in [0.25, 0.3) is 0 Å². The molecule has 1 unspecified atom stereocenters. The van der Waals surface area contributed by atoms with E-state index in [-0.39, 0.29) is 24.8 Å². The van der Waals surface area contributed by atoms with Crippen LogP contribution < -0.4 is 23.8 Å². The summed E-state index contributed by atoms with van der Waals surface area (Å²) in [5.74, 6) is 1.06. The predicted molar refractivity (Wildman–Crippen MR) is 109 cm³/mol. The molecular weight excluding hydrogens is 420 g/mol. The van der Waals surface area contributed by atoms with Gasteiger partial charge in [0.05, 0.1) is 19.1 Å². The molecule has 1 aliphatic rings. The Labute approximate surface area is 174 Å². The third-order valence-electron chi connectivity index (χ3n) is 4.37. The van der Waals surface area contributed by atoms with Gasteiger partial charge in [-0.25, -0.2) is 8.42 Å². The predicted octanol–water partition coefficient (Wildman–Crippen LogP) is 2.55. The van der Waals surface area contributed by atoms with Gasteiger partial charge in [0.25, 0.3) is 0 Å². The number of fused-ring (bicyclic) bond motifs is 1. The van der Waals surface area contributed by atoms with E-state index in [0.717, 1.165) is 16.1 Å². The minimum atomic E-state index is -3.81. The molecule has 0 fully saturated rings. The van der Waals surface area contributed by atoms with Gasteiger partial charge in [-0.1, -0.05) is 17.7 Å². The fourth-order valence-corrected chi connectivity index (χ4v) is 4.34. The number of sulfonamides is 1. The topological polar surface area (TPSA) is 94.2 Å². The summed E-state index contributed by atoms with van der Waals surface area (Å²) < 4.78 is 41.8. The third kappa shape index (κ3) is 4.68. The lowest BCUT2D eigenvalue weighted by Gasteiger charge is -2.29. The van der Waals surface area contributed by atoms with Crippen LogP contribution in [-0.2, 0) is 21.4 Å². The van der Waals surface area contributed by atoms with Gasteiger partial charge in [0.2, 0.25) is 22.7 Å². The van der Waals surface area contributed by atoms with Crippen molar-refractivity contribution >= 4 is 33.2 Å². The summed E-state index contributed by atoms with van der Waals surface area (Å²) in [5.41, 5.74) is 0.981. The molecule has 8 nitrogen and oxygen atoms in total. The molecule has 1 heterocycles. The molecule has 2 aromatic rings. The Morgan fingerprint density at radius 3 is 2.66 bits per heavy atom. The third-order valence-corrected chi connectivity index (χ3v) is 5.83. The van der Waals surface area contributed by atoms with Crippen LogP contribution in [0.4, 0.5) is 5.69 Å². The van der Waals surface area contributed by atoms with Crippen molar-refractivity contribution in [3.63, 3.8) is 0 Å². The van der Waals surface area contributed by atoms with Crippen LogP contribution in [0.2, 0.25) is 5.02 Å². The molecule has 1 amide bonds. The van der Waals surface area contributed by atoms with E-state index >= 15 is 0 Å². The van der Waals surface area contributed by atoms with Crippen LogP contribution in [0, 0.1) is 0 Å². The van der Waals surface area contributed by atoms with Gasteiger partial charge in [-0.15, -0.1) is 0 Å². The van der Waals surface area contributed by atoms with E-state index in [2.05, 4.69) is 5.32 Å². The number of carbonyl (C=O) groups is 1. The Balaban J connectivity index is 1.80. The molecule has 1 atom stereocenters. The van der Waals surface area contributed by atoms with Crippen molar-refractivity contribution in [3.8, 4) is 17.2 Å². The van der Waals surface area contributed by atoms with Crippen LogP contribution in [0.1, 0.15) is 12.5 Å². The van der Waals surface area contributed by atoms with E-state index in [1.807, 2.05) is 0 Å². The molecule has 29 heavy (non-hydrogen) atoms. The standard InChI is InChI=1S/C19H21ClN2O6S/c1-12(19(23)21-10-13-4-6-17-18(8-13)28-11-27-17)22(29(3,24)25)15-9-14(20)5-7-16(15)26-2/h4-9,12H,10-11H2,1-3H3,(H,21,23). The monoisotopic (exact) mass is 440 g/mol. The average molecular weight is 441 g/mol. The number of rotatable bonds is 7. The van der Waals surface area contributed by atoms with E-state index in [0.29, 0.717) is 16.5 Å². The fraction of sp³-hybridized carbons (Fsp3) is 0.316. The number of halogens is 1. The second kappa shape index (κ2) is 8.38. The Bertz CT molecular complexity index is 1030. The van der Waals surface area contributed by atoms with Gasteiger partial charge in [0.1, 0.15) is 11.8 Å². The molecule has 2 aromatic carbocycles. The van der Waals surface area contributed by atoms with Crippen LogP contribution in [0.15, 0.2) is 36.4 Å². The molecule has 0 aromatic heterocycles. The maximum Gasteiger partial charge on any atom is 0.243 e. The van der Waals surface area contributed by atoms with Crippen molar-refractivity contribution in [3.05, 3.63) is 47.0 Å². The number of amides is 1. The highest BCUT2D eigenvalue weighted by molar-refractivity contribution is 7.92. The average Bonchev–Trinajstić information content (AvgIpc) is 3.13. The van der Waals surface area contributed by atoms with Crippen LogP contribution >= 0.6 is 11.6 Å². The highest BCUT2D eigenvalue weighted by Gasteiger charge is 2.31. The molecule has 0 bridgehead atoms. The number of anilines is 1. The van der Waals surface area contributed by atoms with Crippen molar-refractivity contribution in [2.45, 2.75) is 19.5 Å². The number of carbonyl (C=O) groups excluding carboxylic acids is 1. The highest BCUT2D eigenvalue weighted by Crippen LogP contribution is 2.34. The lowest BCUT2D eigenvalue weighted by Crippen LogP contribution is -2.47.